The van der Waals surface area contributed by atoms with Crippen molar-refractivity contribution in [2.75, 3.05) is 20.2 Å². The zero-order chi connectivity index (χ0) is 15.8. The van der Waals surface area contributed by atoms with E-state index in [-0.39, 0.29) is 5.91 Å². The Morgan fingerprint density at radius 3 is 2.55 bits per heavy atom. The van der Waals surface area contributed by atoms with Gasteiger partial charge < -0.3 is 15.0 Å². The Kier molecular flexibility index (Phi) is 6.72. The van der Waals surface area contributed by atoms with Crippen LogP contribution in [0.15, 0.2) is 24.3 Å². The normalized spacial score (nSPS) is 17.0. The van der Waals surface area contributed by atoms with Crippen LogP contribution < -0.4 is 15.0 Å². The van der Waals surface area contributed by atoms with Crippen molar-refractivity contribution in [3.63, 3.8) is 0 Å². The molecule has 2 rings (SSSR count). The van der Waals surface area contributed by atoms with Gasteiger partial charge in [-0.15, -0.1) is 0 Å². The van der Waals surface area contributed by atoms with E-state index in [1.54, 1.807) is 0 Å². The Morgan fingerprint density at radius 2 is 1.91 bits per heavy atom. The van der Waals surface area contributed by atoms with Crippen LogP contribution in [0.1, 0.15) is 44.6 Å². The molecule has 1 fully saturated rings. The molecule has 0 spiro atoms. The number of hydrogen-bond acceptors (Lipinski definition) is 2. The van der Waals surface area contributed by atoms with Crippen LogP contribution in [0.4, 0.5) is 0 Å². The third-order valence-electron chi connectivity index (χ3n) is 4.17. The van der Waals surface area contributed by atoms with E-state index in [1.807, 2.05) is 19.1 Å². The Hall–Kier alpha value is -1.55. The molecule has 1 aromatic rings. The lowest BCUT2D eigenvalue weighted by molar-refractivity contribution is -0.885. The summed E-state index contributed by atoms with van der Waals surface area (Å²) in [6.07, 6.45) is 6.10. The van der Waals surface area contributed by atoms with Gasteiger partial charge in [-0.25, -0.2) is 0 Å². The third-order valence-corrected chi connectivity index (χ3v) is 4.17. The van der Waals surface area contributed by atoms with Crippen LogP contribution in [0.25, 0.3) is 0 Å². The largest absolute Gasteiger partial charge is 0.494 e. The third kappa shape index (κ3) is 5.68. The van der Waals surface area contributed by atoms with E-state index in [9.17, 15) is 4.79 Å². The highest BCUT2D eigenvalue weighted by molar-refractivity contribution is 5.77. The van der Waals surface area contributed by atoms with Crippen molar-refractivity contribution < 1.29 is 14.4 Å². The van der Waals surface area contributed by atoms with Crippen molar-refractivity contribution in [2.24, 2.45) is 0 Å². The molecule has 0 heterocycles. The fourth-order valence-corrected chi connectivity index (χ4v) is 3.08. The lowest BCUT2D eigenvalue weighted by Crippen LogP contribution is -3.09. The van der Waals surface area contributed by atoms with E-state index in [2.05, 4.69) is 24.5 Å². The van der Waals surface area contributed by atoms with Crippen molar-refractivity contribution in [2.45, 2.75) is 51.6 Å². The number of quaternary nitrogens is 1. The molecule has 0 bridgehead atoms. The summed E-state index contributed by atoms with van der Waals surface area (Å²) in [5, 5.41) is 3.18. The lowest BCUT2D eigenvalue weighted by Gasteiger charge is -2.23. The first kappa shape index (κ1) is 16.8. The quantitative estimate of drug-likeness (QED) is 0.803. The van der Waals surface area contributed by atoms with E-state index in [4.69, 9.17) is 4.74 Å². The second-order valence-electron chi connectivity index (χ2n) is 6.29. The molecular weight excluding hydrogens is 276 g/mol. The lowest BCUT2D eigenvalue weighted by atomic mass is 9.95. The minimum Gasteiger partial charge on any atom is -0.494 e. The minimum atomic E-state index is 0.176. The van der Waals surface area contributed by atoms with Gasteiger partial charge in [-0.05, 0) is 44.0 Å². The molecule has 22 heavy (non-hydrogen) atoms. The van der Waals surface area contributed by atoms with Crippen molar-refractivity contribution >= 4 is 5.91 Å². The number of nitrogens with one attached hydrogen (secondary N) is 2. The van der Waals surface area contributed by atoms with Crippen LogP contribution in [0.3, 0.4) is 0 Å². The average Bonchev–Trinajstić information content (AvgIpc) is 2.50. The SMILES string of the molecule is CCOc1ccc(C[NH+](C)CC(=O)NC2CCCCC2)cc1. The molecular formula is C18H29N2O2+. The molecule has 1 amide bonds. The molecule has 1 unspecified atom stereocenters. The van der Waals surface area contributed by atoms with Gasteiger partial charge in [0.2, 0.25) is 0 Å². The number of likely N-dealkylation sites (N-methyl/N-ethyl adjacent to an activating group) is 1. The fraction of sp³-hybridized carbons (Fsp3) is 0.611. The van der Waals surface area contributed by atoms with E-state index in [0.29, 0.717) is 19.2 Å². The molecule has 4 heteroatoms. The molecule has 1 aliphatic rings. The Balaban J connectivity index is 1.74. The van der Waals surface area contributed by atoms with E-state index in [1.165, 1.54) is 29.7 Å². The maximum Gasteiger partial charge on any atom is 0.275 e. The second-order valence-corrected chi connectivity index (χ2v) is 6.29. The second kappa shape index (κ2) is 8.79. The molecule has 2 N–H and O–H groups in total. The highest BCUT2D eigenvalue weighted by Gasteiger charge is 2.17. The molecule has 1 saturated carbocycles. The van der Waals surface area contributed by atoms with Gasteiger partial charge >= 0.3 is 0 Å². The van der Waals surface area contributed by atoms with E-state index < -0.39 is 0 Å². The molecule has 0 radical (unpaired) electrons. The highest BCUT2D eigenvalue weighted by atomic mass is 16.5. The smallest absolute Gasteiger partial charge is 0.275 e. The minimum absolute atomic E-state index is 0.176. The first-order valence-electron chi connectivity index (χ1n) is 8.49. The standard InChI is InChI=1S/C18H28N2O2/c1-3-22-17-11-9-15(10-12-17)13-20(2)14-18(21)19-16-7-5-4-6-8-16/h9-12,16H,3-8,13-14H2,1-2H3,(H,19,21)/p+1. The highest BCUT2D eigenvalue weighted by Crippen LogP contribution is 2.17. The van der Waals surface area contributed by atoms with Gasteiger partial charge in [0.05, 0.1) is 13.7 Å². The molecule has 0 aromatic heterocycles. The maximum absolute atomic E-state index is 12.1. The molecule has 1 aliphatic carbocycles. The molecule has 0 aliphatic heterocycles. The van der Waals surface area contributed by atoms with Gasteiger partial charge in [0, 0.05) is 11.6 Å². The van der Waals surface area contributed by atoms with Crippen LogP contribution in [0.5, 0.6) is 5.75 Å². The van der Waals surface area contributed by atoms with Crippen LogP contribution >= 0.6 is 0 Å². The summed E-state index contributed by atoms with van der Waals surface area (Å²) >= 11 is 0. The number of rotatable bonds is 7. The summed E-state index contributed by atoms with van der Waals surface area (Å²) in [6.45, 7) is 4.05. The molecule has 4 nitrogen and oxygen atoms in total. The number of hydrogen-bond donors (Lipinski definition) is 2. The topological polar surface area (TPSA) is 42.8 Å². The number of carbonyl (C=O) groups is 1. The van der Waals surface area contributed by atoms with Crippen molar-refractivity contribution in [1.82, 2.24) is 5.32 Å². The Morgan fingerprint density at radius 1 is 1.23 bits per heavy atom. The van der Waals surface area contributed by atoms with Crippen LogP contribution in [0.2, 0.25) is 0 Å². The molecule has 122 valence electrons. The summed E-state index contributed by atoms with van der Waals surface area (Å²) < 4.78 is 5.44. The summed E-state index contributed by atoms with van der Waals surface area (Å²) in [4.78, 5) is 13.3. The zero-order valence-corrected chi connectivity index (χ0v) is 13.9. The van der Waals surface area contributed by atoms with Gasteiger partial charge in [0.1, 0.15) is 12.3 Å². The van der Waals surface area contributed by atoms with Gasteiger partial charge in [-0.2, -0.15) is 0 Å². The summed E-state index contributed by atoms with van der Waals surface area (Å²) in [5.74, 6) is 1.08. The average molecular weight is 305 g/mol. The van der Waals surface area contributed by atoms with Crippen molar-refractivity contribution in [3.05, 3.63) is 29.8 Å². The fourth-order valence-electron chi connectivity index (χ4n) is 3.08. The number of carbonyl (C=O) groups excluding carboxylic acids is 1. The number of benzene rings is 1. The molecule has 1 atom stereocenters. The van der Waals surface area contributed by atoms with Crippen LogP contribution in [0, 0.1) is 0 Å². The molecule has 1 aromatic carbocycles. The first-order chi connectivity index (χ1) is 10.7. The van der Waals surface area contributed by atoms with Gasteiger partial charge in [0.15, 0.2) is 6.54 Å². The maximum atomic E-state index is 12.1. The van der Waals surface area contributed by atoms with E-state index in [0.717, 1.165) is 25.1 Å². The van der Waals surface area contributed by atoms with E-state index >= 15 is 0 Å². The Bertz CT molecular complexity index is 453. The predicted molar refractivity (Wildman–Crippen MR) is 88.1 cm³/mol. The van der Waals surface area contributed by atoms with Crippen LogP contribution in [-0.4, -0.2) is 32.1 Å². The van der Waals surface area contributed by atoms with Gasteiger partial charge in [-0.3, -0.25) is 4.79 Å². The first-order valence-corrected chi connectivity index (χ1v) is 8.49. The monoisotopic (exact) mass is 305 g/mol. The Labute approximate surface area is 133 Å². The van der Waals surface area contributed by atoms with Crippen LogP contribution in [-0.2, 0) is 11.3 Å². The van der Waals surface area contributed by atoms with Gasteiger partial charge in [0.25, 0.3) is 5.91 Å². The summed E-state index contributed by atoms with van der Waals surface area (Å²) in [7, 11) is 2.07. The van der Waals surface area contributed by atoms with Gasteiger partial charge in [-0.1, -0.05) is 19.3 Å². The molecule has 0 saturated heterocycles. The number of ether oxygens (including phenoxy) is 1. The van der Waals surface area contributed by atoms with Crippen molar-refractivity contribution in [1.29, 1.82) is 0 Å². The summed E-state index contributed by atoms with van der Waals surface area (Å²) in [5.41, 5.74) is 1.23. The predicted octanol–water partition coefficient (Wildman–Crippen LogP) is 1.55. The zero-order valence-electron chi connectivity index (χ0n) is 13.9. The van der Waals surface area contributed by atoms with Crippen molar-refractivity contribution in [3.8, 4) is 5.75 Å². The summed E-state index contributed by atoms with van der Waals surface area (Å²) in [6, 6.07) is 8.54. The number of amides is 1.